The molecule has 0 radical (unpaired) electrons. The van der Waals surface area contributed by atoms with Crippen LogP contribution < -0.4 is 10.2 Å². The van der Waals surface area contributed by atoms with Gasteiger partial charge in [0.1, 0.15) is 11.5 Å². The quantitative estimate of drug-likeness (QED) is 0.423. The van der Waals surface area contributed by atoms with E-state index >= 15 is 0 Å². The highest BCUT2D eigenvalue weighted by Crippen LogP contribution is 2.35. The zero-order valence-corrected chi connectivity index (χ0v) is 17.5. The first-order valence-electron chi connectivity index (χ1n) is 9.26. The number of methoxy groups -OCH3 is 2. The molecular weight excluding hydrogens is 404 g/mol. The average Bonchev–Trinajstić information content (AvgIpc) is 2.79. The minimum Gasteiger partial charge on any atom is -0.502 e. The molecule has 6 nitrogen and oxygen atoms in total. The highest BCUT2D eigenvalue weighted by molar-refractivity contribution is 7.98. The molecule has 0 spiro atoms. The molecule has 1 unspecified atom stereocenters. The van der Waals surface area contributed by atoms with E-state index in [1.54, 1.807) is 31.4 Å². The van der Waals surface area contributed by atoms with Gasteiger partial charge in [0.2, 0.25) is 11.2 Å². The zero-order valence-electron chi connectivity index (χ0n) is 16.7. The van der Waals surface area contributed by atoms with Gasteiger partial charge in [-0.1, -0.05) is 30.3 Å². The smallest absolute Gasteiger partial charge is 0.306 e. The van der Waals surface area contributed by atoms with Gasteiger partial charge in [0.15, 0.2) is 5.76 Å². The number of thioether (sulfide) groups is 1. The summed E-state index contributed by atoms with van der Waals surface area (Å²) in [6.07, 6.45) is -0.0887. The van der Waals surface area contributed by atoms with E-state index < -0.39 is 23.1 Å². The third kappa shape index (κ3) is 5.24. The number of carbonyl (C=O) groups excluding carboxylic acids is 1. The molecule has 30 heavy (non-hydrogen) atoms. The van der Waals surface area contributed by atoms with Gasteiger partial charge < -0.3 is 19.0 Å². The van der Waals surface area contributed by atoms with Crippen LogP contribution in [0.3, 0.4) is 0 Å². The Morgan fingerprint density at radius 2 is 1.80 bits per heavy atom. The molecule has 0 fully saturated rings. The van der Waals surface area contributed by atoms with Gasteiger partial charge in [0, 0.05) is 11.0 Å². The molecule has 1 atom stereocenters. The second kappa shape index (κ2) is 10.0. The van der Waals surface area contributed by atoms with Gasteiger partial charge >= 0.3 is 5.97 Å². The summed E-state index contributed by atoms with van der Waals surface area (Å²) in [5.41, 5.74) is 0.135. The number of hydrogen-bond acceptors (Lipinski definition) is 7. The molecule has 0 aliphatic carbocycles. The molecular formula is C23H22O6S. The fourth-order valence-electron chi connectivity index (χ4n) is 2.98. The second-order valence-corrected chi connectivity index (χ2v) is 7.55. The molecule has 2 aromatic carbocycles. The maximum Gasteiger partial charge on any atom is 0.306 e. The molecule has 0 aliphatic rings. The van der Waals surface area contributed by atoms with Crippen LogP contribution >= 0.6 is 11.8 Å². The first-order chi connectivity index (χ1) is 14.5. The van der Waals surface area contributed by atoms with Gasteiger partial charge in [0.25, 0.3) is 0 Å². The third-order valence-corrected chi connectivity index (χ3v) is 5.59. The number of carbonyl (C=O) groups is 1. The van der Waals surface area contributed by atoms with Crippen LogP contribution in [0, 0.1) is 0 Å². The summed E-state index contributed by atoms with van der Waals surface area (Å²) in [6, 6.07) is 18.0. The number of rotatable bonds is 8. The predicted molar refractivity (Wildman–Crippen MR) is 114 cm³/mol. The van der Waals surface area contributed by atoms with Gasteiger partial charge in [-0.2, -0.15) is 0 Å². The van der Waals surface area contributed by atoms with E-state index in [0.717, 1.165) is 4.90 Å². The van der Waals surface area contributed by atoms with Crippen LogP contribution in [0.15, 0.2) is 74.8 Å². The lowest BCUT2D eigenvalue weighted by molar-refractivity contribution is -0.140. The average molecular weight is 426 g/mol. The van der Waals surface area contributed by atoms with Crippen molar-refractivity contribution in [3.05, 3.63) is 88.0 Å². The zero-order chi connectivity index (χ0) is 21.5. The van der Waals surface area contributed by atoms with Gasteiger partial charge in [-0.15, -0.1) is 11.8 Å². The number of hydrogen-bond donors (Lipinski definition) is 1. The summed E-state index contributed by atoms with van der Waals surface area (Å²) in [5.74, 6) is -0.172. The highest BCUT2D eigenvalue weighted by atomic mass is 32.2. The summed E-state index contributed by atoms with van der Waals surface area (Å²) in [4.78, 5) is 25.5. The molecule has 3 rings (SSSR count). The highest BCUT2D eigenvalue weighted by Gasteiger charge is 2.26. The van der Waals surface area contributed by atoms with Crippen LogP contribution in [0.2, 0.25) is 0 Å². The largest absolute Gasteiger partial charge is 0.502 e. The summed E-state index contributed by atoms with van der Waals surface area (Å²) in [6.45, 7) is 0. The van der Waals surface area contributed by atoms with E-state index in [2.05, 4.69) is 0 Å². The van der Waals surface area contributed by atoms with Crippen LogP contribution in [-0.2, 0) is 15.3 Å². The first-order valence-corrected chi connectivity index (χ1v) is 10.2. The lowest BCUT2D eigenvalue weighted by Gasteiger charge is -2.18. The molecule has 3 aromatic rings. The molecule has 0 bridgehead atoms. The van der Waals surface area contributed by atoms with Gasteiger partial charge in [-0.3, -0.25) is 9.59 Å². The van der Waals surface area contributed by atoms with Crippen molar-refractivity contribution in [2.24, 2.45) is 0 Å². The normalized spacial score (nSPS) is 11.7. The summed E-state index contributed by atoms with van der Waals surface area (Å²) < 4.78 is 15.9. The molecule has 1 aromatic heterocycles. The molecule has 156 valence electrons. The number of ether oxygens (including phenoxy) is 2. The molecule has 0 saturated carbocycles. The van der Waals surface area contributed by atoms with E-state index in [1.165, 1.54) is 24.9 Å². The van der Waals surface area contributed by atoms with Crippen LogP contribution in [-0.4, -0.2) is 25.3 Å². The lowest BCUT2D eigenvalue weighted by Crippen LogP contribution is -2.14. The molecule has 7 heteroatoms. The minimum absolute atomic E-state index is 0.0433. The second-order valence-electron chi connectivity index (χ2n) is 6.50. The topological polar surface area (TPSA) is 86.0 Å². The van der Waals surface area contributed by atoms with E-state index in [1.807, 2.05) is 30.3 Å². The van der Waals surface area contributed by atoms with E-state index in [-0.39, 0.29) is 12.2 Å². The van der Waals surface area contributed by atoms with Crippen LogP contribution in [0.25, 0.3) is 0 Å². The van der Waals surface area contributed by atoms with Gasteiger partial charge in [-0.25, -0.2) is 0 Å². The van der Waals surface area contributed by atoms with Crippen LogP contribution in [0.4, 0.5) is 0 Å². The summed E-state index contributed by atoms with van der Waals surface area (Å²) in [7, 11) is 2.84. The van der Waals surface area contributed by atoms with Crippen molar-refractivity contribution in [3.8, 4) is 11.5 Å². The van der Waals surface area contributed by atoms with Crippen molar-refractivity contribution in [2.75, 3.05) is 14.2 Å². The summed E-state index contributed by atoms with van der Waals surface area (Å²) in [5, 5.41) is 10.4. The maximum absolute atomic E-state index is 12.4. The Hall–Kier alpha value is -3.19. The fourth-order valence-corrected chi connectivity index (χ4v) is 3.78. The minimum atomic E-state index is -0.683. The number of aromatic hydroxyl groups is 1. The Morgan fingerprint density at radius 1 is 1.10 bits per heavy atom. The van der Waals surface area contributed by atoms with Crippen LogP contribution in [0.5, 0.6) is 11.5 Å². The lowest BCUT2D eigenvalue weighted by atomic mass is 9.92. The Morgan fingerprint density at radius 3 is 2.43 bits per heavy atom. The molecule has 0 aliphatic heterocycles. The molecule has 1 N–H and O–H groups in total. The Bertz CT molecular complexity index is 1040. The predicted octanol–water partition coefficient (Wildman–Crippen LogP) is 4.34. The molecule has 0 amide bonds. The SMILES string of the molecule is COC(=O)CC(c1ccc(OC)cc1)c1oc(CSc2ccccc2)cc(=O)c1O. The monoisotopic (exact) mass is 426 g/mol. The molecule has 0 saturated heterocycles. The maximum atomic E-state index is 12.4. The van der Waals surface area contributed by atoms with Crippen molar-refractivity contribution >= 4 is 17.7 Å². The van der Waals surface area contributed by atoms with Crippen molar-refractivity contribution < 1.29 is 23.8 Å². The Balaban J connectivity index is 1.97. The first kappa shape index (κ1) is 21.5. The van der Waals surface area contributed by atoms with Gasteiger partial charge in [-0.05, 0) is 29.8 Å². The standard InChI is InChI=1S/C23H22O6S/c1-27-16-10-8-15(9-11-16)19(13-21(25)28-2)23-22(26)20(24)12-17(29-23)14-30-18-6-4-3-5-7-18/h3-12,19,26H,13-14H2,1-2H3. The fraction of sp³-hybridized carbons (Fsp3) is 0.217. The van der Waals surface area contributed by atoms with Crippen molar-refractivity contribution in [1.82, 2.24) is 0 Å². The third-order valence-electron chi connectivity index (χ3n) is 4.56. The van der Waals surface area contributed by atoms with Crippen LogP contribution in [0.1, 0.15) is 29.4 Å². The van der Waals surface area contributed by atoms with E-state index in [0.29, 0.717) is 22.8 Å². The summed E-state index contributed by atoms with van der Waals surface area (Å²) >= 11 is 1.51. The Kier molecular flexibility index (Phi) is 7.19. The van der Waals surface area contributed by atoms with Crippen molar-refractivity contribution in [2.45, 2.75) is 23.0 Å². The number of esters is 1. The number of benzene rings is 2. The molecule has 1 heterocycles. The van der Waals surface area contributed by atoms with Gasteiger partial charge in [0.05, 0.1) is 32.3 Å². The van der Waals surface area contributed by atoms with Crippen molar-refractivity contribution in [3.63, 3.8) is 0 Å². The van der Waals surface area contributed by atoms with E-state index in [4.69, 9.17) is 13.9 Å². The van der Waals surface area contributed by atoms with Crippen molar-refractivity contribution in [1.29, 1.82) is 0 Å². The van der Waals surface area contributed by atoms with E-state index in [9.17, 15) is 14.7 Å². The Labute approximate surface area is 178 Å².